The van der Waals surface area contributed by atoms with Crippen LogP contribution in [0.1, 0.15) is 62.1 Å². The van der Waals surface area contributed by atoms with E-state index in [1.54, 1.807) is 30.2 Å². The van der Waals surface area contributed by atoms with Gasteiger partial charge in [-0.1, -0.05) is 38.0 Å². The van der Waals surface area contributed by atoms with Gasteiger partial charge in [0.25, 0.3) is 0 Å². The highest BCUT2D eigenvalue weighted by atomic mass is 16.7. The number of carbonyl (C=O) groups is 3. The molecule has 0 bridgehead atoms. The van der Waals surface area contributed by atoms with Crippen LogP contribution in [0.4, 0.5) is 22.2 Å². The summed E-state index contributed by atoms with van der Waals surface area (Å²) in [4.78, 5) is 50.0. The van der Waals surface area contributed by atoms with Crippen molar-refractivity contribution in [3.8, 4) is 11.5 Å². The van der Waals surface area contributed by atoms with Gasteiger partial charge in [-0.2, -0.15) is 4.98 Å². The topological polar surface area (TPSA) is 242 Å². The Kier molecular flexibility index (Phi) is 14.8. The van der Waals surface area contributed by atoms with Crippen LogP contribution in [0.15, 0.2) is 48.7 Å². The van der Waals surface area contributed by atoms with E-state index in [9.17, 15) is 24.6 Å². The predicted octanol–water partition coefficient (Wildman–Crippen LogP) is 3.74. The number of hydrogen-bond acceptors (Lipinski definition) is 14. The average molecular weight is 818 g/mol. The van der Waals surface area contributed by atoms with Gasteiger partial charge in [-0.05, 0) is 41.8 Å². The minimum absolute atomic E-state index is 0.0470. The predicted molar refractivity (Wildman–Crippen MR) is 220 cm³/mol. The second-order valence-corrected chi connectivity index (χ2v) is 14.8. The van der Waals surface area contributed by atoms with Crippen molar-refractivity contribution in [2.45, 2.75) is 83.6 Å². The number of carboxylic acids is 1. The van der Waals surface area contributed by atoms with Crippen molar-refractivity contribution in [2.24, 2.45) is 5.73 Å². The van der Waals surface area contributed by atoms with Crippen molar-refractivity contribution in [2.75, 3.05) is 62.7 Å². The van der Waals surface area contributed by atoms with Gasteiger partial charge in [0.05, 0.1) is 31.0 Å². The third-order valence-electron chi connectivity index (χ3n) is 10.3. The first-order chi connectivity index (χ1) is 28.5. The van der Waals surface area contributed by atoms with Crippen molar-refractivity contribution < 1.29 is 43.5 Å². The third-order valence-corrected chi connectivity index (χ3v) is 10.3. The maximum absolute atomic E-state index is 13.1. The number of aliphatic carboxylic acids is 1. The molecule has 8 N–H and O–H groups in total. The number of anilines is 3. The minimum atomic E-state index is -1.23. The molecule has 0 aliphatic carbocycles. The van der Waals surface area contributed by atoms with Crippen molar-refractivity contribution in [1.29, 1.82) is 0 Å². The molecule has 4 aromatic rings. The number of aliphatic hydroxyl groups is 1. The summed E-state index contributed by atoms with van der Waals surface area (Å²) in [7, 11) is 1.67. The number of piperazine rings is 1. The number of nitrogens with one attached hydrogen (secondary N) is 2. The van der Waals surface area contributed by atoms with Crippen LogP contribution >= 0.6 is 0 Å². The van der Waals surface area contributed by atoms with Crippen molar-refractivity contribution in [3.63, 3.8) is 0 Å². The van der Waals surface area contributed by atoms with E-state index in [2.05, 4.69) is 55.2 Å². The number of benzene rings is 2. The highest BCUT2D eigenvalue weighted by Gasteiger charge is 2.34. The second kappa shape index (κ2) is 20.3. The van der Waals surface area contributed by atoms with Gasteiger partial charge in [0, 0.05) is 76.8 Å². The second-order valence-electron chi connectivity index (χ2n) is 14.8. The Hall–Kier alpha value is -5.69. The zero-order valence-corrected chi connectivity index (χ0v) is 33.6. The third kappa shape index (κ3) is 11.5. The van der Waals surface area contributed by atoms with Crippen LogP contribution in [0.25, 0.3) is 11.0 Å². The van der Waals surface area contributed by atoms with Crippen LogP contribution in [0.5, 0.6) is 11.5 Å². The number of aromatic nitrogens is 3. The van der Waals surface area contributed by atoms with E-state index in [4.69, 9.17) is 30.4 Å². The molecule has 2 amide bonds. The fourth-order valence-electron chi connectivity index (χ4n) is 7.19. The quantitative estimate of drug-likeness (QED) is 0.0784. The fourth-order valence-corrected chi connectivity index (χ4v) is 7.19. The van der Waals surface area contributed by atoms with Crippen LogP contribution < -0.4 is 31.6 Å². The van der Waals surface area contributed by atoms with Crippen molar-refractivity contribution in [1.82, 2.24) is 24.3 Å². The number of methoxy groups -OCH3 is 1. The number of carbonyl (C=O) groups excluding carboxylic acids is 2. The standard InChI is InChI=1S/C41H55N9O9/c1-3-4-5-13-44-38-37-30(46-40(43)47-38)11-14-50(37)24-28-8-6-26(20-33(28)56-2)23-48-15-17-49(18-16-48)41(55)57-25-27-7-9-32(31(19-27)45-35(52)10-12-42)58-36-22-29(51)21-34(59-36)39(53)54/h6-9,11,14,19-20,29,34,36,51H,3-5,10,12-13,15-18,21-25,42H2,1-2H3,(H,45,52)(H,53,54)(H3,43,44,46,47). The van der Waals surface area contributed by atoms with Crippen molar-refractivity contribution >= 4 is 46.5 Å². The van der Waals surface area contributed by atoms with E-state index in [-0.39, 0.29) is 55.7 Å². The first kappa shape index (κ1) is 42.9. The highest BCUT2D eigenvalue weighted by Crippen LogP contribution is 2.32. The first-order valence-corrected chi connectivity index (χ1v) is 20.0. The fraction of sp³-hybridized carbons (Fsp3) is 0.488. The summed E-state index contributed by atoms with van der Waals surface area (Å²) >= 11 is 0. The molecule has 3 unspecified atom stereocenters. The first-order valence-electron chi connectivity index (χ1n) is 20.0. The van der Waals surface area contributed by atoms with Gasteiger partial charge in [-0.3, -0.25) is 9.69 Å². The monoisotopic (exact) mass is 817 g/mol. The number of amides is 2. The minimum Gasteiger partial charge on any atom is -0.496 e. The Morgan fingerprint density at radius 2 is 1.78 bits per heavy atom. The van der Waals surface area contributed by atoms with E-state index in [1.807, 2.05) is 12.3 Å². The van der Waals surface area contributed by atoms with E-state index in [1.165, 1.54) is 0 Å². The Bertz CT molecular complexity index is 2070. The number of carboxylic acid groups (broad SMARTS) is 1. The molecule has 18 heteroatoms. The number of rotatable bonds is 18. The highest BCUT2D eigenvalue weighted by molar-refractivity contribution is 5.92. The van der Waals surface area contributed by atoms with Gasteiger partial charge in [0.15, 0.2) is 11.9 Å². The maximum atomic E-state index is 13.1. The maximum Gasteiger partial charge on any atom is 0.410 e. The van der Waals surface area contributed by atoms with E-state index in [0.29, 0.717) is 44.8 Å². The lowest BCUT2D eigenvalue weighted by atomic mass is 10.1. The molecule has 3 atom stereocenters. The lowest BCUT2D eigenvalue weighted by Gasteiger charge is -2.34. The molecule has 59 heavy (non-hydrogen) atoms. The summed E-state index contributed by atoms with van der Waals surface area (Å²) in [5.41, 5.74) is 16.2. The van der Waals surface area contributed by atoms with Gasteiger partial charge in [-0.15, -0.1) is 0 Å². The zero-order valence-electron chi connectivity index (χ0n) is 33.6. The van der Waals surface area contributed by atoms with Gasteiger partial charge in [0.1, 0.15) is 23.6 Å². The average Bonchev–Trinajstić information content (AvgIpc) is 3.62. The Labute approximate surface area is 342 Å². The molecule has 2 saturated heterocycles. The molecule has 18 nitrogen and oxygen atoms in total. The van der Waals surface area contributed by atoms with Gasteiger partial charge in [-0.25, -0.2) is 14.6 Å². The number of nitrogen functional groups attached to an aromatic ring is 1. The summed E-state index contributed by atoms with van der Waals surface area (Å²) in [6, 6.07) is 13.0. The van der Waals surface area contributed by atoms with Crippen LogP contribution in [0.3, 0.4) is 0 Å². The van der Waals surface area contributed by atoms with Gasteiger partial charge < -0.3 is 60.7 Å². The van der Waals surface area contributed by atoms with Crippen LogP contribution in [-0.4, -0.2) is 117 Å². The normalized spacial score (nSPS) is 18.4. The number of nitrogens with zero attached hydrogens (tertiary/aromatic N) is 5. The lowest BCUT2D eigenvalue weighted by Crippen LogP contribution is -2.48. The summed E-state index contributed by atoms with van der Waals surface area (Å²) in [6.45, 7) is 6.53. The largest absolute Gasteiger partial charge is 0.496 e. The molecular weight excluding hydrogens is 763 g/mol. The van der Waals surface area contributed by atoms with E-state index in [0.717, 1.165) is 59.5 Å². The molecule has 2 aromatic heterocycles. The SMILES string of the molecule is CCCCCNc1nc(N)nc2ccn(Cc3ccc(CN4CCN(C(=O)OCc5ccc(OC6CC(O)CC(C(=O)O)O6)c(NC(=O)CCN)c5)CC4)cc3OC)c12. The number of ether oxygens (including phenoxy) is 4. The Balaban J connectivity index is 1.02. The summed E-state index contributed by atoms with van der Waals surface area (Å²) in [6.07, 6.45) is 1.65. The van der Waals surface area contributed by atoms with Crippen molar-refractivity contribution in [3.05, 3.63) is 65.4 Å². The molecule has 2 aliphatic rings. The zero-order chi connectivity index (χ0) is 41.9. The number of aliphatic hydroxyl groups excluding tert-OH is 1. The molecular formula is C41H55N9O9. The van der Waals surface area contributed by atoms with E-state index < -0.39 is 30.6 Å². The molecule has 0 radical (unpaired) electrons. The summed E-state index contributed by atoms with van der Waals surface area (Å²) in [5, 5.41) is 25.7. The van der Waals surface area contributed by atoms with Gasteiger partial charge >= 0.3 is 12.1 Å². The number of fused-ring (bicyclic) bond motifs is 1. The van der Waals surface area contributed by atoms with Crippen LogP contribution in [0, 0.1) is 0 Å². The molecule has 2 fully saturated rings. The molecule has 4 heterocycles. The smallest absolute Gasteiger partial charge is 0.410 e. The number of nitrogens with two attached hydrogens (primary N) is 2. The molecule has 0 saturated carbocycles. The molecule has 0 spiro atoms. The molecule has 318 valence electrons. The lowest BCUT2D eigenvalue weighted by molar-refractivity contribution is -0.195. The molecule has 6 rings (SSSR count). The Morgan fingerprint density at radius 3 is 2.53 bits per heavy atom. The Morgan fingerprint density at radius 1 is 0.983 bits per heavy atom. The summed E-state index contributed by atoms with van der Waals surface area (Å²) in [5.74, 6) is 0.358. The van der Waals surface area contributed by atoms with Crippen LogP contribution in [-0.2, 0) is 38.8 Å². The summed E-state index contributed by atoms with van der Waals surface area (Å²) < 4.78 is 25.0. The molecule has 2 aliphatic heterocycles. The van der Waals surface area contributed by atoms with E-state index >= 15 is 0 Å². The molecule has 2 aromatic carbocycles. The van der Waals surface area contributed by atoms with Crippen LogP contribution in [0.2, 0.25) is 0 Å². The number of unbranched alkanes of at least 4 members (excludes halogenated alkanes) is 2. The number of hydrogen-bond donors (Lipinski definition) is 6. The van der Waals surface area contributed by atoms with Gasteiger partial charge in [0.2, 0.25) is 18.1 Å².